The Morgan fingerprint density at radius 3 is 2.84 bits per heavy atom. The second-order valence-corrected chi connectivity index (χ2v) is 4.07. The predicted molar refractivity (Wildman–Crippen MR) is 72.6 cm³/mol. The number of ether oxygens (including phenoxy) is 1. The fraction of sp³-hybridized carbons (Fsp3) is 0.154. The van der Waals surface area contributed by atoms with E-state index in [0.717, 1.165) is 0 Å². The average Bonchev–Trinajstić information content (AvgIpc) is 2.41. The summed E-state index contributed by atoms with van der Waals surface area (Å²) in [5, 5.41) is 3.14. The summed E-state index contributed by atoms with van der Waals surface area (Å²) in [7, 11) is 0. The molecular weight excluding hydrogens is 266 g/mol. The molecule has 5 nitrogen and oxygen atoms in total. The van der Waals surface area contributed by atoms with E-state index >= 15 is 0 Å². The molecule has 1 amide bonds. The Morgan fingerprint density at radius 1 is 1.37 bits per heavy atom. The van der Waals surface area contributed by atoms with Crippen LogP contribution in [0.1, 0.15) is 17.4 Å². The summed E-state index contributed by atoms with van der Waals surface area (Å²) in [6.45, 7) is 2.42. The fourth-order valence-electron chi connectivity index (χ4n) is 1.41. The summed E-state index contributed by atoms with van der Waals surface area (Å²) < 4.78 is 5.21. The van der Waals surface area contributed by atoms with Gasteiger partial charge < -0.3 is 10.1 Å². The van der Waals surface area contributed by atoms with Crippen molar-refractivity contribution >= 4 is 23.2 Å². The van der Waals surface area contributed by atoms with E-state index in [1.165, 1.54) is 18.5 Å². The maximum absolute atomic E-state index is 11.9. The zero-order valence-electron chi connectivity index (χ0n) is 10.3. The molecule has 6 heteroatoms. The van der Waals surface area contributed by atoms with Crippen LogP contribution in [0.2, 0.25) is 5.02 Å². The molecule has 0 aliphatic heterocycles. The minimum absolute atomic E-state index is 0.251. The molecule has 0 fully saturated rings. The van der Waals surface area contributed by atoms with Crippen molar-refractivity contribution < 1.29 is 9.53 Å². The molecule has 19 heavy (non-hydrogen) atoms. The molecular formula is C13H12ClN3O2. The number of nitrogens with one attached hydrogen (secondary N) is 1. The van der Waals surface area contributed by atoms with Crippen molar-refractivity contribution in [1.82, 2.24) is 9.97 Å². The van der Waals surface area contributed by atoms with E-state index in [1.807, 2.05) is 6.92 Å². The minimum atomic E-state index is -0.339. The van der Waals surface area contributed by atoms with Crippen LogP contribution < -0.4 is 10.1 Å². The van der Waals surface area contributed by atoms with Crippen LogP contribution in [-0.4, -0.2) is 22.5 Å². The SMILES string of the molecule is CCOc1ccc(NC(=O)c2cc(Cl)ccn2)cn1. The van der Waals surface area contributed by atoms with Crippen LogP contribution in [0.3, 0.4) is 0 Å². The maximum Gasteiger partial charge on any atom is 0.274 e. The number of hydrogen-bond donors (Lipinski definition) is 1. The standard InChI is InChI=1S/C13H12ClN3O2/c1-2-19-12-4-3-10(8-16-12)17-13(18)11-7-9(14)5-6-15-11/h3-8H,2H2,1H3,(H,17,18). The number of aromatic nitrogens is 2. The molecule has 2 aromatic rings. The Hall–Kier alpha value is -2.14. The van der Waals surface area contributed by atoms with Crippen LogP contribution in [0.15, 0.2) is 36.7 Å². The highest BCUT2D eigenvalue weighted by molar-refractivity contribution is 6.30. The monoisotopic (exact) mass is 277 g/mol. The molecule has 0 atom stereocenters. The molecule has 2 rings (SSSR count). The molecule has 0 bridgehead atoms. The molecule has 98 valence electrons. The molecule has 0 saturated carbocycles. The highest BCUT2D eigenvalue weighted by atomic mass is 35.5. The maximum atomic E-state index is 11.9. The Kier molecular flexibility index (Phi) is 4.30. The molecule has 0 spiro atoms. The van der Waals surface area contributed by atoms with E-state index in [4.69, 9.17) is 16.3 Å². The lowest BCUT2D eigenvalue weighted by molar-refractivity contribution is 0.102. The van der Waals surface area contributed by atoms with Gasteiger partial charge in [-0.3, -0.25) is 9.78 Å². The van der Waals surface area contributed by atoms with Gasteiger partial charge in [0.1, 0.15) is 5.69 Å². The van der Waals surface area contributed by atoms with Crippen molar-refractivity contribution in [3.8, 4) is 5.88 Å². The summed E-state index contributed by atoms with van der Waals surface area (Å²) in [6, 6.07) is 6.50. The number of amides is 1. The smallest absolute Gasteiger partial charge is 0.274 e. The van der Waals surface area contributed by atoms with E-state index in [9.17, 15) is 4.79 Å². The van der Waals surface area contributed by atoms with Crippen LogP contribution in [0.5, 0.6) is 5.88 Å². The first kappa shape index (κ1) is 13.3. The first-order valence-electron chi connectivity index (χ1n) is 5.71. The quantitative estimate of drug-likeness (QED) is 0.933. The molecule has 1 N–H and O–H groups in total. The van der Waals surface area contributed by atoms with Crippen LogP contribution in [0.4, 0.5) is 5.69 Å². The van der Waals surface area contributed by atoms with Gasteiger partial charge in [-0.1, -0.05) is 11.6 Å². The summed E-state index contributed by atoms with van der Waals surface area (Å²) >= 11 is 5.80. The van der Waals surface area contributed by atoms with Crippen molar-refractivity contribution in [3.05, 3.63) is 47.4 Å². The van der Waals surface area contributed by atoms with Crippen molar-refractivity contribution in [3.63, 3.8) is 0 Å². The first-order valence-corrected chi connectivity index (χ1v) is 6.08. The van der Waals surface area contributed by atoms with E-state index in [2.05, 4.69) is 15.3 Å². The van der Waals surface area contributed by atoms with E-state index in [0.29, 0.717) is 23.2 Å². The van der Waals surface area contributed by atoms with Crippen molar-refractivity contribution in [1.29, 1.82) is 0 Å². The molecule has 0 aromatic carbocycles. The molecule has 0 aliphatic carbocycles. The highest BCUT2D eigenvalue weighted by Gasteiger charge is 2.08. The van der Waals surface area contributed by atoms with Gasteiger partial charge in [-0.05, 0) is 25.1 Å². The fourth-order valence-corrected chi connectivity index (χ4v) is 1.57. The third-order valence-electron chi connectivity index (χ3n) is 2.24. The number of anilines is 1. The second kappa shape index (κ2) is 6.15. The Labute approximate surface area is 115 Å². The molecule has 2 aromatic heterocycles. The number of hydrogen-bond acceptors (Lipinski definition) is 4. The van der Waals surface area contributed by atoms with Gasteiger partial charge in [0.05, 0.1) is 18.5 Å². The molecule has 0 unspecified atom stereocenters. The summed E-state index contributed by atoms with van der Waals surface area (Å²) in [4.78, 5) is 19.9. The lowest BCUT2D eigenvalue weighted by Crippen LogP contribution is -2.13. The molecule has 0 aliphatic rings. The largest absolute Gasteiger partial charge is 0.478 e. The zero-order valence-corrected chi connectivity index (χ0v) is 11.0. The van der Waals surface area contributed by atoms with E-state index in [1.54, 1.807) is 18.2 Å². The number of nitrogens with zero attached hydrogens (tertiary/aromatic N) is 2. The van der Waals surface area contributed by atoms with Gasteiger partial charge in [0.15, 0.2) is 0 Å². The zero-order chi connectivity index (χ0) is 13.7. The van der Waals surface area contributed by atoms with Gasteiger partial charge in [0, 0.05) is 17.3 Å². The number of pyridine rings is 2. The van der Waals surface area contributed by atoms with Gasteiger partial charge >= 0.3 is 0 Å². The first-order chi connectivity index (χ1) is 9.19. The Morgan fingerprint density at radius 2 is 2.21 bits per heavy atom. The normalized spacial score (nSPS) is 10.0. The third kappa shape index (κ3) is 3.66. The number of carbonyl (C=O) groups excluding carboxylic acids is 1. The Bertz CT molecular complexity index is 572. The molecule has 2 heterocycles. The second-order valence-electron chi connectivity index (χ2n) is 3.63. The van der Waals surface area contributed by atoms with Gasteiger partial charge in [-0.15, -0.1) is 0 Å². The van der Waals surface area contributed by atoms with Crippen LogP contribution in [0, 0.1) is 0 Å². The van der Waals surface area contributed by atoms with Crippen LogP contribution >= 0.6 is 11.6 Å². The molecule has 0 saturated heterocycles. The van der Waals surface area contributed by atoms with E-state index in [-0.39, 0.29) is 11.6 Å². The van der Waals surface area contributed by atoms with Gasteiger partial charge in [-0.25, -0.2) is 4.98 Å². The van der Waals surface area contributed by atoms with Crippen molar-refractivity contribution in [2.45, 2.75) is 6.92 Å². The third-order valence-corrected chi connectivity index (χ3v) is 2.48. The van der Waals surface area contributed by atoms with Crippen molar-refractivity contribution in [2.24, 2.45) is 0 Å². The summed E-state index contributed by atoms with van der Waals surface area (Å²) in [5.41, 5.74) is 0.816. The highest BCUT2D eigenvalue weighted by Crippen LogP contribution is 2.13. The topological polar surface area (TPSA) is 64.1 Å². The van der Waals surface area contributed by atoms with Crippen LogP contribution in [0.25, 0.3) is 0 Å². The predicted octanol–water partition coefficient (Wildman–Crippen LogP) is 2.78. The summed E-state index contributed by atoms with van der Waals surface area (Å²) in [6.07, 6.45) is 3.00. The number of halogens is 1. The summed E-state index contributed by atoms with van der Waals surface area (Å²) in [5.74, 6) is 0.176. The number of carbonyl (C=O) groups is 1. The number of rotatable bonds is 4. The lowest BCUT2D eigenvalue weighted by atomic mass is 10.3. The van der Waals surface area contributed by atoms with Gasteiger partial charge in [0.25, 0.3) is 5.91 Å². The minimum Gasteiger partial charge on any atom is -0.478 e. The van der Waals surface area contributed by atoms with Gasteiger partial charge in [-0.2, -0.15) is 0 Å². The Balaban J connectivity index is 2.06. The molecule has 0 radical (unpaired) electrons. The van der Waals surface area contributed by atoms with Gasteiger partial charge in [0.2, 0.25) is 5.88 Å². The average molecular weight is 278 g/mol. The van der Waals surface area contributed by atoms with E-state index < -0.39 is 0 Å². The van der Waals surface area contributed by atoms with Crippen LogP contribution in [-0.2, 0) is 0 Å². The van der Waals surface area contributed by atoms with Crippen molar-refractivity contribution in [2.75, 3.05) is 11.9 Å². The lowest BCUT2D eigenvalue weighted by Gasteiger charge is -2.06.